The second-order valence-electron chi connectivity index (χ2n) is 4.31. The molecule has 21 heavy (non-hydrogen) atoms. The average molecular weight is 296 g/mol. The molecule has 6 nitrogen and oxygen atoms in total. The molecule has 0 fully saturated rings. The second-order valence-corrected chi connectivity index (χ2v) is 4.31. The summed E-state index contributed by atoms with van der Waals surface area (Å²) in [4.78, 5) is 11.6. The maximum atomic E-state index is 13.7. The predicted octanol–water partition coefficient (Wildman–Crippen LogP) is 0.892. The third kappa shape index (κ3) is 3.22. The smallest absolute Gasteiger partial charge is 0.360 e. The standard InChI is InChI=1S/C13H14F2N4O2/c1-21-13(20)12-11(4-5-16)19(18-17-12)7-8-2-3-9(14)6-10(8)15/h2-3,6H,4-5,7,16H2,1H3. The Balaban J connectivity index is 2.35. The van der Waals surface area contributed by atoms with E-state index in [-0.39, 0.29) is 24.3 Å². The lowest BCUT2D eigenvalue weighted by atomic mass is 10.2. The molecule has 0 saturated carbocycles. The number of carbonyl (C=O) groups excluding carboxylic acids is 1. The highest BCUT2D eigenvalue weighted by Crippen LogP contribution is 2.14. The maximum Gasteiger partial charge on any atom is 0.360 e. The van der Waals surface area contributed by atoms with Gasteiger partial charge in [-0.3, -0.25) is 0 Å². The van der Waals surface area contributed by atoms with E-state index in [1.807, 2.05) is 0 Å². The van der Waals surface area contributed by atoms with Gasteiger partial charge in [-0.2, -0.15) is 0 Å². The van der Waals surface area contributed by atoms with Crippen molar-refractivity contribution >= 4 is 5.97 Å². The second kappa shape index (κ2) is 6.40. The van der Waals surface area contributed by atoms with E-state index in [1.165, 1.54) is 17.9 Å². The first-order valence-electron chi connectivity index (χ1n) is 6.21. The minimum Gasteiger partial charge on any atom is -0.464 e. The zero-order valence-corrected chi connectivity index (χ0v) is 11.3. The number of hydrogen-bond acceptors (Lipinski definition) is 5. The Morgan fingerprint density at radius 3 is 2.81 bits per heavy atom. The number of rotatable bonds is 5. The zero-order valence-electron chi connectivity index (χ0n) is 11.3. The molecule has 0 bridgehead atoms. The zero-order chi connectivity index (χ0) is 15.4. The van der Waals surface area contributed by atoms with Crippen LogP contribution in [0.3, 0.4) is 0 Å². The molecule has 2 aromatic rings. The monoisotopic (exact) mass is 296 g/mol. The van der Waals surface area contributed by atoms with Crippen molar-refractivity contribution < 1.29 is 18.3 Å². The molecule has 2 rings (SSSR count). The fourth-order valence-corrected chi connectivity index (χ4v) is 1.91. The lowest BCUT2D eigenvalue weighted by Crippen LogP contribution is -2.15. The van der Waals surface area contributed by atoms with Crippen LogP contribution in [0.15, 0.2) is 18.2 Å². The molecule has 2 N–H and O–H groups in total. The van der Waals surface area contributed by atoms with Gasteiger partial charge >= 0.3 is 5.97 Å². The molecule has 0 radical (unpaired) electrons. The molecule has 1 aromatic carbocycles. The summed E-state index contributed by atoms with van der Waals surface area (Å²) in [6.07, 6.45) is 0.334. The lowest BCUT2D eigenvalue weighted by molar-refractivity contribution is 0.0592. The third-order valence-electron chi connectivity index (χ3n) is 2.93. The van der Waals surface area contributed by atoms with Crippen molar-refractivity contribution in [3.8, 4) is 0 Å². The van der Waals surface area contributed by atoms with E-state index in [9.17, 15) is 13.6 Å². The summed E-state index contributed by atoms with van der Waals surface area (Å²) in [5.41, 5.74) is 6.23. The SMILES string of the molecule is COC(=O)c1nnn(Cc2ccc(F)cc2F)c1CCN. The number of aromatic nitrogens is 3. The van der Waals surface area contributed by atoms with Gasteiger partial charge in [0.15, 0.2) is 5.69 Å². The normalized spacial score (nSPS) is 10.7. The molecule has 8 heteroatoms. The van der Waals surface area contributed by atoms with Crippen molar-refractivity contribution in [1.29, 1.82) is 0 Å². The molecule has 0 aliphatic heterocycles. The highest BCUT2D eigenvalue weighted by atomic mass is 19.1. The van der Waals surface area contributed by atoms with Crippen LogP contribution in [-0.2, 0) is 17.7 Å². The number of nitrogens with zero attached hydrogens (tertiary/aromatic N) is 3. The first kappa shape index (κ1) is 15.0. The van der Waals surface area contributed by atoms with Crippen LogP contribution in [-0.4, -0.2) is 34.6 Å². The molecule has 1 heterocycles. The van der Waals surface area contributed by atoms with Crippen molar-refractivity contribution in [1.82, 2.24) is 15.0 Å². The number of methoxy groups -OCH3 is 1. The largest absolute Gasteiger partial charge is 0.464 e. The Labute approximate surface area is 119 Å². The minimum absolute atomic E-state index is 0.0193. The highest BCUT2D eigenvalue weighted by Gasteiger charge is 2.20. The van der Waals surface area contributed by atoms with Gasteiger partial charge in [0.2, 0.25) is 0 Å². The molecular weight excluding hydrogens is 282 g/mol. The van der Waals surface area contributed by atoms with Gasteiger partial charge in [0, 0.05) is 18.1 Å². The molecule has 112 valence electrons. The number of halogens is 2. The molecule has 1 aromatic heterocycles. The van der Waals surface area contributed by atoms with Crippen molar-refractivity contribution in [2.24, 2.45) is 5.73 Å². The van der Waals surface area contributed by atoms with Crippen molar-refractivity contribution in [2.75, 3.05) is 13.7 Å². The number of benzene rings is 1. The summed E-state index contributed by atoms with van der Waals surface area (Å²) < 4.78 is 32.5. The minimum atomic E-state index is -0.691. The van der Waals surface area contributed by atoms with Crippen LogP contribution in [0, 0.1) is 11.6 Å². The summed E-state index contributed by atoms with van der Waals surface area (Å²) in [6, 6.07) is 3.26. The van der Waals surface area contributed by atoms with Crippen molar-refractivity contribution in [3.63, 3.8) is 0 Å². The van der Waals surface area contributed by atoms with Gasteiger partial charge in [0.25, 0.3) is 0 Å². The summed E-state index contributed by atoms with van der Waals surface area (Å²) >= 11 is 0. The number of carbonyl (C=O) groups is 1. The van der Waals surface area contributed by atoms with Crippen LogP contribution in [0.1, 0.15) is 21.7 Å². The van der Waals surface area contributed by atoms with E-state index in [0.29, 0.717) is 12.1 Å². The number of ether oxygens (including phenoxy) is 1. The molecule has 0 atom stereocenters. The summed E-state index contributed by atoms with van der Waals surface area (Å²) in [5, 5.41) is 7.55. The van der Waals surface area contributed by atoms with E-state index in [4.69, 9.17) is 5.73 Å². The van der Waals surface area contributed by atoms with Gasteiger partial charge in [0.05, 0.1) is 19.3 Å². The first-order chi connectivity index (χ1) is 10.1. The maximum absolute atomic E-state index is 13.7. The molecule has 0 saturated heterocycles. The van der Waals surface area contributed by atoms with Crippen LogP contribution in [0.4, 0.5) is 8.78 Å². The summed E-state index contributed by atoms with van der Waals surface area (Å²) in [5.74, 6) is -1.99. The van der Waals surface area contributed by atoms with E-state index < -0.39 is 17.6 Å². The average Bonchev–Trinajstić information content (AvgIpc) is 2.84. The van der Waals surface area contributed by atoms with Crippen molar-refractivity contribution in [2.45, 2.75) is 13.0 Å². The van der Waals surface area contributed by atoms with Crippen LogP contribution in [0.2, 0.25) is 0 Å². The Morgan fingerprint density at radius 1 is 1.43 bits per heavy atom. The first-order valence-corrected chi connectivity index (χ1v) is 6.21. The molecule has 0 spiro atoms. The number of nitrogens with two attached hydrogens (primary N) is 1. The van der Waals surface area contributed by atoms with Gasteiger partial charge in [-0.25, -0.2) is 18.3 Å². The Kier molecular flexibility index (Phi) is 4.59. The van der Waals surface area contributed by atoms with E-state index in [1.54, 1.807) is 0 Å². The summed E-state index contributed by atoms with van der Waals surface area (Å²) in [7, 11) is 1.23. The number of hydrogen-bond donors (Lipinski definition) is 1. The fourth-order valence-electron chi connectivity index (χ4n) is 1.91. The van der Waals surface area contributed by atoms with Gasteiger partial charge in [0.1, 0.15) is 11.6 Å². The van der Waals surface area contributed by atoms with Gasteiger partial charge in [-0.15, -0.1) is 5.10 Å². The Bertz CT molecular complexity index is 658. The van der Waals surface area contributed by atoms with Gasteiger partial charge in [-0.05, 0) is 12.6 Å². The van der Waals surface area contributed by atoms with Crippen LogP contribution in [0.5, 0.6) is 0 Å². The van der Waals surface area contributed by atoms with E-state index >= 15 is 0 Å². The van der Waals surface area contributed by atoms with Crippen molar-refractivity contribution in [3.05, 3.63) is 46.8 Å². The molecule has 0 aliphatic carbocycles. The quantitative estimate of drug-likeness (QED) is 0.829. The molecular formula is C13H14F2N4O2. The molecule has 0 unspecified atom stereocenters. The van der Waals surface area contributed by atoms with Crippen LogP contribution in [0.25, 0.3) is 0 Å². The van der Waals surface area contributed by atoms with Gasteiger partial charge in [-0.1, -0.05) is 11.3 Å². The fraction of sp³-hybridized carbons (Fsp3) is 0.308. The number of esters is 1. The Hall–Kier alpha value is -2.35. The Morgan fingerprint density at radius 2 is 2.19 bits per heavy atom. The predicted molar refractivity (Wildman–Crippen MR) is 69.6 cm³/mol. The molecule has 0 amide bonds. The van der Waals surface area contributed by atoms with Crippen LogP contribution >= 0.6 is 0 Å². The van der Waals surface area contributed by atoms with E-state index in [0.717, 1.165) is 12.1 Å². The van der Waals surface area contributed by atoms with E-state index in [2.05, 4.69) is 15.0 Å². The molecule has 0 aliphatic rings. The van der Waals surface area contributed by atoms with Crippen LogP contribution < -0.4 is 5.73 Å². The topological polar surface area (TPSA) is 83.0 Å². The summed E-state index contributed by atoms with van der Waals surface area (Å²) in [6.45, 7) is 0.286. The lowest BCUT2D eigenvalue weighted by Gasteiger charge is -2.07. The highest BCUT2D eigenvalue weighted by molar-refractivity contribution is 5.88. The third-order valence-corrected chi connectivity index (χ3v) is 2.93. The van der Waals surface area contributed by atoms with Gasteiger partial charge < -0.3 is 10.5 Å².